The summed E-state index contributed by atoms with van der Waals surface area (Å²) in [7, 11) is 0. The number of alkyl halides is 3. The molecule has 2 aromatic carbocycles. The van der Waals surface area contributed by atoms with Gasteiger partial charge < -0.3 is 25.7 Å². The highest BCUT2D eigenvalue weighted by Crippen LogP contribution is 2.35. The number of pyridine rings is 2. The van der Waals surface area contributed by atoms with Crippen molar-refractivity contribution >= 4 is 16.9 Å². The summed E-state index contributed by atoms with van der Waals surface area (Å²) in [4.78, 5) is 18.4. The molecule has 7 nitrogen and oxygen atoms in total. The first-order chi connectivity index (χ1) is 19.3. The van der Waals surface area contributed by atoms with Crippen LogP contribution in [0.15, 0.2) is 72.9 Å². The maximum Gasteiger partial charge on any atom is 0.430 e. The number of carbonyl (C=O) groups is 1. The van der Waals surface area contributed by atoms with E-state index in [0.29, 0.717) is 19.0 Å². The lowest BCUT2D eigenvalue weighted by Gasteiger charge is -2.20. The Hall–Kier alpha value is -4.02. The molecular weight excluding hydrogens is 521 g/mol. The number of hydrogen-bond acceptors (Lipinski definition) is 6. The average molecular weight is 553 g/mol. The number of carboxylic acids is 1. The summed E-state index contributed by atoms with van der Waals surface area (Å²) < 4.78 is 37.8. The van der Waals surface area contributed by atoms with Crippen molar-refractivity contribution in [2.45, 2.75) is 32.0 Å². The Bertz CT molecular complexity index is 1410. The highest BCUT2D eigenvalue weighted by Gasteiger charge is 2.28. The summed E-state index contributed by atoms with van der Waals surface area (Å²) in [5.41, 5.74) is 12.0. The van der Waals surface area contributed by atoms with Crippen LogP contribution in [-0.4, -0.2) is 41.8 Å². The maximum absolute atomic E-state index is 10.5. The fraction of sp³-hybridized carbons (Fsp3) is 0.300. The van der Waals surface area contributed by atoms with Crippen LogP contribution in [-0.2, 0) is 11.3 Å². The highest BCUT2D eigenvalue weighted by molar-refractivity contribution is 5.93. The van der Waals surface area contributed by atoms with Gasteiger partial charge in [-0.25, -0.2) is 9.97 Å². The van der Waals surface area contributed by atoms with Crippen molar-refractivity contribution in [2.75, 3.05) is 19.7 Å². The summed E-state index contributed by atoms with van der Waals surface area (Å²) >= 11 is 0. The molecule has 1 aliphatic heterocycles. The molecule has 0 saturated carbocycles. The molecule has 40 heavy (non-hydrogen) atoms. The molecule has 0 spiro atoms. The molecule has 2 aromatic heterocycles. The predicted molar refractivity (Wildman–Crippen MR) is 144 cm³/mol. The fourth-order valence-corrected chi connectivity index (χ4v) is 4.65. The number of rotatable bonds is 7. The molecule has 1 aliphatic rings. The zero-order chi connectivity index (χ0) is 28.5. The second kappa shape index (κ2) is 13.4. The summed E-state index contributed by atoms with van der Waals surface area (Å²) in [5.74, 6) is -1.61. The number of quaternary nitrogens is 1. The quantitative estimate of drug-likeness (QED) is 0.363. The zero-order valence-corrected chi connectivity index (χ0v) is 21.9. The molecule has 1 unspecified atom stereocenters. The molecule has 1 atom stereocenters. The number of nitrogens with two attached hydrogens (primary N) is 2. The van der Waals surface area contributed by atoms with Gasteiger partial charge in [-0.1, -0.05) is 54.6 Å². The monoisotopic (exact) mass is 552 g/mol. The molecule has 0 bridgehead atoms. The van der Waals surface area contributed by atoms with Gasteiger partial charge >= 0.3 is 6.18 Å². The highest BCUT2D eigenvalue weighted by atomic mass is 19.4. The van der Waals surface area contributed by atoms with Crippen molar-refractivity contribution in [1.29, 1.82) is 0 Å². The molecular formula is C30H31F3N4O3. The molecule has 1 fully saturated rings. The SMILES string of the molecule is NCc1ccc(-c2nc3ccnc(OCCC4CCC[NH2+]C4)c3cc2-c2ccccc2)cc1.O=C([O-])C(F)(F)F. The van der Waals surface area contributed by atoms with Crippen molar-refractivity contribution in [1.82, 2.24) is 9.97 Å². The van der Waals surface area contributed by atoms with Crippen LogP contribution < -0.4 is 20.9 Å². The first-order valence-corrected chi connectivity index (χ1v) is 13.1. The molecule has 1 saturated heterocycles. The van der Waals surface area contributed by atoms with E-state index in [-0.39, 0.29) is 0 Å². The number of aliphatic carboxylic acids is 1. The minimum Gasteiger partial charge on any atom is -0.542 e. The molecule has 4 N–H and O–H groups in total. The van der Waals surface area contributed by atoms with Gasteiger partial charge in [0, 0.05) is 29.8 Å². The summed E-state index contributed by atoms with van der Waals surface area (Å²) in [6.45, 7) is 3.68. The van der Waals surface area contributed by atoms with E-state index in [9.17, 15) is 13.2 Å². The maximum atomic E-state index is 10.5. The van der Waals surface area contributed by atoms with Gasteiger partial charge in [-0.2, -0.15) is 13.2 Å². The Balaban J connectivity index is 0.000000470. The number of hydrogen-bond donors (Lipinski definition) is 2. The molecule has 4 aromatic rings. The molecule has 210 valence electrons. The number of halogens is 3. The smallest absolute Gasteiger partial charge is 0.430 e. The van der Waals surface area contributed by atoms with Crippen LogP contribution >= 0.6 is 0 Å². The van der Waals surface area contributed by atoms with Crippen molar-refractivity contribution < 1.29 is 33.1 Å². The van der Waals surface area contributed by atoms with Crippen LogP contribution in [0.25, 0.3) is 33.3 Å². The third-order valence-electron chi connectivity index (χ3n) is 6.77. The van der Waals surface area contributed by atoms with Gasteiger partial charge in [0.15, 0.2) is 0 Å². The van der Waals surface area contributed by atoms with E-state index >= 15 is 0 Å². The minimum absolute atomic E-state index is 0.530. The average Bonchev–Trinajstić information content (AvgIpc) is 2.97. The van der Waals surface area contributed by atoms with Crippen molar-refractivity contribution in [3.05, 3.63) is 78.5 Å². The van der Waals surface area contributed by atoms with Crippen LogP contribution in [0.2, 0.25) is 0 Å². The van der Waals surface area contributed by atoms with Gasteiger partial charge in [0.2, 0.25) is 5.88 Å². The third kappa shape index (κ3) is 7.55. The molecule has 5 rings (SSSR count). The number of carbonyl (C=O) groups excluding carboxylic acids is 1. The van der Waals surface area contributed by atoms with Gasteiger partial charge in [0.05, 0.1) is 36.3 Å². The zero-order valence-electron chi connectivity index (χ0n) is 21.9. The molecule has 3 heterocycles. The van der Waals surface area contributed by atoms with Gasteiger partial charge in [0.1, 0.15) is 5.97 Å². The van der Waals surface area contributed by atoms with E-state index < -0.39 is 12.1 Å². The first kappa shape index (κ1) is 29.0. The van der Waals surface area contributed by atoms with Crippen LogP contribution in [0.4, 0.5) is 13.2 Å². The van der Waals surface area contributed by atoms with Crippen LogP contribution in [0.1, 0.15) is 24.8 Å². The summed E-state index contributed by atoms with van der Waals surface area (Å²) in [6.07, 6.45) is 0.271. The topological polar surface area (TPSA) is 118 Å². The predicted octanol–water partition coefficient (Wildman–Crippen LogP) is 3.46. The Kier molecular flexibility index (Phi) is 9.68. The van der Waals surface area contributed by atoms with Crippen LogP contribution in [0.3, 0.4) is 0 Å². The van der Waals surface area contributed by atoms with Gasteiger partial charge in [-0.05, 0) is 42.5 Å². The lowest BCUT2D eigenvalue weighted by Crippen LogP contribution is -2.87. The first-order valence-electron chi connectivity index (χ1n) is 13.1. The van der Waals surface area contributed by atoms with Gasteiger partial charge in [-0.3, -0.25) is 0 Å². The summed E-state index contributed by atoms with van der Waals surface area (Å²) in [6, 6.07) is 22.9. The largest absolute Gasteiger partial charge is 0.542 e. The van der Waals surface area contributed by atoms with Crippen molar-refractivity contribution in [2.24, 2.45) is 11.7 Å². The molecule has 0 amide bonds. The summed E-state index contributed by atoms with van der Waals surface area (Å²) in [5, 5.41) is 12.2. The Morgan fingerprint density at radius 1 is 1.07 bits per heavy atom. The van der Waals surface area contributed by atoms with Crippen molar-refractivity contribution in [3.63, 3.8) is 0 Å². The lowest BCUT2D eigenvalue weighted by molar-refractivity contribution is -0.669. The number of nitrogens with zero attached hydrogens (tertiary/aromatic N) is 2. The van der Waals surface area contributed by atoms with E-state index in [1.54, 1.807) is 6.20 Å². The third-order valence-corrected chi connectivity index (χ3v) is 6.77. The number of benzene rings is 2. The van der Waals surface area contributed by atoms with Gasteiger partial charge in [-0.15, -0.1) is 0 Å². The lowest BCUT2D eigenvalue weighted by atomic mass is 9.96. The van der Waals surface area contributed by atoms with Crippen LogP contribution in [0, 0.1) is 5.92 Å². The minimum atomic E-state index is -5.19. The number of carboxylic acid groups (broad SMARTS) is 1. The van der Waals surface area contributed by atoms with E-state index in [1.807, 2.05) is 12.1 Å². The molecule has 0 aliphatic carbocycles. The Morgan fingerprint density at radius 3 is 2.42 bits per heavy atom. The van der Waals surface area contributed by atoms with E-state index in [2.05, 4.69) is 64.9 Å². The Labute approximate surface area is 230 Å². The molecule has 10 heteroatoms. The van der Waals surface area contributed by atoms with E-state index in [0.717, 1.165) is 51.2 Å². The Morgan fingerprint density at radius 2 is 1.80 bits per heavy atom. The number of fused-ring (bicyclic) bond motifs is 1. The normalized spacial score (nSPS) is 15.2. The number of piperidine rings is 1. The van der Waals surface area contributed by atoms with Crippen molar-refractivity contribution in [3.8, 4) is 28.3 Å². The molecule has 0 radical (unpaired) electrons. The standard InChI is InChI=1S/C28H30N4O.C2HF3O2/c29-18-20-8-10-23(11-9-20)27-24(22-6-2-1-3-7-22)17-25-26(32-27)12-15-31-28(25)33-16-13-21-5-4-14-30-19-21;3-2(4,5)1(6)7/h1-3,6-12,15,17,21,30H,4-5,13-14,16,18-19,29H2;(H,6,7). The fourth-order valence-electron chi connectivity index (χ4n) is 4.65. The second-order valence-corrected chi connectivity index (χ2v) is 9.58. The number of aromatic nitrogens is 2. The second-order valence-electron chi connectivity index (χ2n) is 9.58. The van der Waals surface area contributed by atoms with E-state index in [4.69, 9.17) is 25.4 Å². The van der Waals surface area contributed by atoms with Gasteiger partial charge in [0.25, 0.3) is 0 Å². The van der Waals surface area contributed by atoms with E-state index in [1.165, 1.54) is 25.9 Å². The van der Waals surface area contributed by atoms with Crippen LogP contribution in [0.5, 0.6) is 5.88 Å². The number of ether oxygens (including phenoxy) is 1.